The first-order valence-corrected chi connectivity index (χ1v) is 13.6. The maximum absolute atomic E-state index is 13.5. The number of likely N-dealkylation sites (N-methyl/N-ethyl adjacent to an activating group) is 1. The molecule has 2 aliphatic rings. The van der Waals surface area contributed by atoms with Crippen molar-refractivity contribution in [3.63, 3.8) is 0 Å². The number of rotatable bonds is 12. The molecule has 2 heterocycles. The number of ether oxygens (including phenoxy) is 3. The van der Waals surface area contributed by atoms with Gasteiger partial charge in [0.1, 0.15) is 24.2 Å². The molecule has 8 heteroatoms. The molecular formula is C31H38N2O6. The fourth-order valence-corrected chi connectivity index (χ4v) is 5.20. The molecule has 1 amide bonds. The smallest absolute Gasteiger partial charge is 0.295 e. The van der Waals surface area contributed by atoms with Gasteiger partial charge >= 0.3 is 0 Å². The molecule has 0 spiro atoms. The predicted octanol–water partition coefficient (Wildman–Crippen LogP) is 4.74. The van der Waals surface area contributed by atoms with Crippen molar-refractivity contribution in [2.75, 3.05) is 39.4 Å². The standard InChI is InChI=1S/C31H38N2O6/c1-6-16-38-25-13-10-21(19-26(25)37-9-4)28-27(30(35)31(36)33(28)15-14-32(7-2)8-3)29(34)22-11-12-24-23(18-22)17-20(5)39-24/h6,10-13,18-20,28,34H,1,7-9,14-17H2,2-5H3/t20-,28-/m0/s1. The molecule has 2 aromatic carbocycles. The number of carbonyl (C=O) groups excluding carboxylic acids is 2. The van der Waals surface area contributed by atoms with E-state index in [1.165, 1.54) is 0 Å². The van der Waals surface area contributed by atoms with E-state index in [0.717, 1.165) is 24.4 Å². The highest BCUT2D eigenvalue weighted by Gasteiger charge is 2.46. The van der Waals surface area contributed by atoms with Crippen LogP contribution in [0.25, 0.3) is 5.76 Å². The van der Waals surface area contributed by atoms with Crippen LogP contribution in [0, 0.1) is 0 Å². The van der Waals surface area contributed by atoms with E-state index in [-0.39, 0.29) is 17.4 Å². The van der Waals surface area contributed by atoms with Crippen LogP contribution in [-0.4, -0.2) is 72.1 Å². The van der Waals surface area contributed by atoms with Crippen LogP contribution >= 0.6 is 0 Å². The highest BCUT2D eigenvalue weighted by molar-refractivity contribution is 6.46. The zero-order valence-electron chi connectivity index (χ0n) is 23.2. The number of fused-ring (bicyclic) bond motifs is 1. The summed E-state index contributed by atoms with van der Waals surface area (Å²) in [7, 11) is 0. The number of aliphatic hydroxyl groups excluding tert-OH is 1. The Morgan fingerprint density at radius 1 is 1.13 bits per heavy atom. The summed E-state index contributed by atoms with van der Waals surface area (Å²) in [6.07, 6.45) is 2.40. The zero-order valence-corrected chi connectivity index (χ0v) is 23.2. The largest absolute Gasteiger partial charge is 0.507 e. The van der Waals surface area contributed by atoms with Crippen molar-refractivity contribution < 1.29 is 28.9 Å². The zero-order chi connectivity index (χ0) is 28.1. The number of hydrogen-bond acceptors (Lipinski definition) is 7. The van der Waals surface area contributed by atoms with Crippen LogP contribution in [-0.2, 0) is 16.0 Å². The monoisotopic (exact) mass is 534 g/mol. The molecular weight excluding hydrogens is 496 g/mol. The second kappa shape index (κ2) is 12.4. The molecule has 2 aromatic rings. The lowest BCUT2D eigenvalue weighted by Crippen LogP contribution is -2.38. The normalized spacial score (nSPS) is 19.8. The number of nitrogens with zero attached hydrogens (tertiary/aromatic N) is 2. The predicted molar refractivity (Wildman–Crippen MR) is 150 cm³/mol. The molecule has 208 valence electrons. The molecule has 39 heavy (non-hydrogen) atoms. The molecule has 2 atom stereocenters. The van der Waals surface area contributed by atoms with Gasteiger partial charge in [0.15, 0.2) is 11.5 Å². The van der Waals surface area contributed by atoms with Gasteiger partial charge in [0.2, 0.25) is 0 Å². The van der Waals surface area contributed by atoms with Crippen LogP contribution in [0.4, 0.5) is 0 Å². The minimum atomic E-state index is -0.781. The van der Waals surface area contributed by atoms with Gasteiger partial charge in [-0.1, -0.05) is 32.6 Å². The summed E-state index contributed by atoms with van der Waals surface area (Å²) >= 11 is 0. The maximum Gasteiger partial charge on any atom is 0.295 e. The third-order valence-corrected chi connectivity index (χ3v) is 7.20. The molecule has 1 N–H and O–H groups in total. The minimum Gasteiger partial charge on any atom is -0.507 e. The lowest BCUT2D eigenvalue weighted by Gasteiger charge is -2.28. The SMILES string of the molecule is C=CCOc1ccc([C@H]2C(=C(O)c3ccc4c(c3)C[C@H](C)O4)C(=O)C(=O)N2CCN(CC)CC)cc1OCC. The van der Waals surface area contributed by atoms with Gasteiger partial charge in [-0.15, -0.1) is 0 Å². The van der Waals surface area contributed by atoms with Crippen molar-refractivity contribution in [1.82, 2.24) is 9.80 Å². The summed E-state index contributed by atoms with van der Waals surface area (Å²) < 4.78 is 17.4. The van der Waals surface area contributed by atoms with Gasteiger partial charge in [0.05, 0.1) is 18.2 Å². The first kappa shape index (κ1) is 28.2. The number of aliphatic hydroxyl groups is 1. The van der Waals surface area contributed by atoms with Crippen LogP contribution in [0.15, 0.2) is 54.6 Å². The number of ketones is 1. The molecule has 1 fully saturated rings. The average molecular weight is 535 g/mol. The van der Waals surface area contributed by atoms with Crippen LogP contribution < -0.4 is 14.2 Å². The first-order chi connectivity index (χ1) is 18.8. The van der Waals surface area contributed by atoms with Gasteiger partial charge in [-0.3, -0.25) is 9.59 Å². The van der Waals surface area contributed by atoms with Crippen molar-refractivity contribution in [3.8, 4) is 17.2 Å². The summed E-state index contributed by atoms with van der Waals surface area (Å²) in [4.78, 5) is 30.6. The molecule has 2 aliphatic heterocycles. The maximum atomic E-state index is 13.5. The van der Waals surface area contributed by atoms with Crippen molar-refractivity contribution in [2.24, 2.45) is 0 Å². The molecule has 8 nitrogen and oxygen atoms in total. The van der Waals surface area contributed by atoms with E-state index in [4.69, 9.17) is 14.2 Å². The highest BCUT2D eigenvalue weighted by Crippen LogP contribution is 2.42. The Balaban J connectivity index is 1.82. The van der Waals surface area contributed by atoms with E-state index in [2.05, 4.69) is 25.3 Å². The van der Waals surface area contributed by atoms with Crippen molar-refractivity contribution in [2.45, 2.75) is 46.3 Å². The second-order valence-corrected chi connectivity index (χ2v) is 9.71. The fraction of sp³-hybridized carbons (Fsp3) is 0.419. The first-order valence-electron chi connectivity index (χ1n) is 13.6. The number of Topliss-reactive ketones (excluding diaryl/α,β-unsaturated/α-hetero) is 1. The molecule has 0 aromatic heterocycles. The summed E-state index contributed by atoms with van der Waals surface area (Å²) in [6.45, 7) is 15.0. The van der Waals surface area contributed by atoms with Gasteiger partial charge in [-0.25, -0.2) is 0 Å². The van der Waals surface area contributed by atoms with Crippen LogP contribution in [0.1, 0.15) is 50.4 Å². The summed E-state index contributed by atoms with van der Waals surface area (Å²) in [5.74, 6) is 0.273. The molecule has 1 saturated heterocycles. The summed E-state index contributed by atoms with van der Waals surface area (Å²) in [5, 5.41) is 11.5. The van der Waals surface area contributed by atoms with Gasteiger partial charge in [-0.2, -0.15) is 0 Å². The van der Waals surface area contributed by atoms with Gasteiger partial charge < -0.3 is 29.1 Å². The van der Waals surface area contributed by atoms with Crippen molar-refractivity contribution >= 4 is 17.4 Å². The van der Waals surface area contributed by atoms with Gasteiger partial charge in [0.25, 0.3) is 11.7 Å². The molecule has 0 unspecified atom stereocenters. The van der Waals surface area contributed by atoms with E-state index in [0.29, 0.717) is 55.4 Å². The van der Waals surface area contributed by atoms with Gasteiger partial charge in [0, 0.05) is 25.1 Å². The number of hydrogen-bond donors (Lipinski definition) is 1. The number of carbonyl (C=O) groups is 2. The highest BCUT2D eigenvalue weighted by atomic mass is 16.5. The molecule has 0 saturated carbocycles. The Bertz CT molecular complexity index is 1270. The van der Waals surface area contributed by atoms with Crippen LogP contribution in [0.2, 0.25) is 0 Å². The molecule has 0 bridgehead atoms. The molecule has 0 aliphatic carbocycles. The molecule has 0 radical (unpaired) electrons. The van der Waals surface area contributed by atoms with Crippen molar-refractivity contribution in [1.29, 1.82) is 0 Å². The Hall–Kier alpha value is -3.78. The van der Waals surface area contributed by atoms with E-state index >= 15 is 0 Å². The third-order valence-electron chi connectivity index (χ3n) is 7.20. The lowest BCUT2D eigenvalue weighted by molar-refractivity contribution is -0.140. The Morgan fingerprint density at radius 3 is 2.59 bits per heavy atom. The van der Waals surface area contributed by atoms with Crippen molar-refractivity contribution in [3.05, 3.63) is 71.3 Å². The fourth-order valence-electron chi connectivity index (χ4n) is 5.20. The number of likely N-dealkylation sites (tertiary alicyclic amines) is 1. The molecule has 4 rings (SSSR count). The topological polar surface area (TPSA) is 88.5 Å². The van der Waals surface area contributed by atoms with Gasteiger partial charge in [-0.05, 0) is 68.4 Å². The number of amides is 1. The second-order valence-electron chi connectivity index (χ2n) is 9.71. The van der Waals surface area contributed by atoms with E-state index in [9.17, 15) is 14.7 Å². The average Bonchev–Trinajstić information content (AvgIpc) is 3.43. The summed E-state index contributed by atoms with van der Waals surface area (Å²) in [5.41, 5.74) is 2.16. The third kappa shape index (κ3) is 5.81. The Kier molecular flexibility index (Phi) is 8.97. The minimum absolute atomic E-state index is 0.0434. The van der Waals surface area contributed by atoms with Crippen LogP contribution in [0.3, 0.4) is 0 Å². The van der Waals surface area contributed by atoms with Crippen LogP contribution in [0.5, 0.6) is 17.2 Å². The van der Waals surface area contributed by atoms with E-state index < -0.39 is 17.7 Å². The Morgan fingerprint density at radius 2 is 1.90 bits per heavy atom. The van der Waals surface area contributed by atoms with E-state index in [1.54, 1.807) is 35.2 Å². The van der Waals surface area contributed by atoms with E-state index in [1.807, 2.05) is 26.0 Å². The lowest BCUT2D eigenvalue weighted by atomic mass is 9.94. The summed E-state index contributed by atoms with van der Waals surface area (Å²) in [6, 6.07) is 9.95. The quantitative estimate of drug-likeness (QED) is 0.182. The Labute approximate surface area is 230 Å². The number of benzene rings is 2.